The van der Waals surface area contributed by atoms with Gasteiger partial charge in [-0.1, -0.05) is 43.2 Å². The molecule has 1 aliphatic heterocycles. The van der Waals surface area contributed by atoms with Crippen LogP contribution in [0.2, 0.25) is 0 Å². The zero-order chi connectivity index (χ0) is 25.5. The van der Waals surface area contributed by atoms with Crippen molar-refractivity contribution in [1.29, 1.82) is 0 Å². The summed E-state index contributed by atoms with van der Waals surface area (Å²) >= 11 is 0. The summed E-state index contributed by atoms with van der Waals surface area (Å²) < 4.78 is 11.3. The molecular formula is C30H37N3O3. The number of para-hydroxylation sites is 1. The molecule has 6 heteroatoms. The van der Waals surface area contributed by atoms with Crippen LogP contribution in [0.4, 0.5) is 10.5 Å². The molecule has 1 amide bonds. The number of ether oxygens (including phenoxy) is 2. The smallest absolute Gasteiger partial charge is 0.410 e. The van der Waals surface area contributed by atoms with Gasteiger partial charge >= 0.3 is 6.09 Å². The normalized spacial score (nSPS) is 14.2. The molecule has 2 N–H and O–H groups in total. The van der Waals surface area contributed by atoms with Crippen molar-refractivity contribution >= 4 is 22.7 Å². The molecule has 1 aromatic heterocycles. The number of rotatable bonds is 6. The molecule has 4 rings (SSSR count). The van der Waals surface area contributed by atoms with Gasteiger partial charge in [-0.05, 0) is 75.3 Å². The highest BCUT2D eigenvalue weighted by molar-refractivity contribution is 5.86. The van der Waals surface area contributed by atoms with Gasteiger partial charge in [0.25, 0.3) is 0 Å². The van der Waals surface area contributed by atoms with Crippen molar-refractivity contribution in [3.05, 3.63) is 65.4 Å². The number of hydrogen-bond acceptors (Lipinski definition) is 4. The molecule has 0 aliphatic carbocycles. The first-order valence-electron chi connectivity index (χ1n) is 12.8. The van der Waals surface area contributed by atoms with Crippen molar-refractivity contribution in [2.45, 2.75) is 65.1 Å². The second kappa shape index (κ2) is 11.5. The number of aryl methyl sites for hydroxylation is 1. The van der Waals surface area contributed by atoms with Crippen molar-refractivity contribution < 1.29 is 14.3 Å². The van der Waals surface area contributed by atoms with Crippen LogP contribution in [0.25, 0.3) is 10.9 Å². The molecule has 0 saturated carbocycles. The van der Waals surface area contributed by atoms with E-state index in [0.717, 1.165) is 41.7 Å². The van der Waals surface area contributed by atoms with Crippen LogP contribution in [0.1, 0.15) is 57.4 Å². The first-order chi connectivity index (χ1) is 17.3. The Hall–Kier alpha value is -3.43. The van der Waals surface area contributed by atoms with Crippen molar-refractivity contribution in [3.8, 4) is 11.8 Å². The lowest BCUT2D eigenvalue weighted by Crippen LogP contribution is -2.45. The van der Waals surface area contributed by atoms with Gasteiger partial charge in [0.1, 0.15) is 5.60 Å². The summed E-state index contributed by atoms with van der Waals surface area (Å²) in [6.07, 6.45) is 2.26. The average molecular weight is 488 g/mol. The molecule has 190 valence electrons. The minimum Gasteiger partial charge on any atom is -0.444 e. The number of benzene rings is 2. The SMILES string of the molecule is CCc1c(C#CCNc2ccccc2)[nH]c2cc(CN(C(=O)OC(C)(C)C)C3CCOCC3)ccc12. The van der Waals surface area contributed by atoms with Gasteiger partial charge < -0.3 is 24.7 Å². The summed E-state index contributed by atoms with van der Waals surface area (Å²) in [6, 6.07) is 16.6. The van der Waals surface area contributed by atoms with Crippen LogP contribution in [0.5, 0.6) is 0 Å². The number of aromatic amines is 1. The van der Waals surface area contributed by atoms with Gasteiger partial charge in [-0.3, -0.25) is 0 Å². The Labute approximate surface area is 214 Å². The number of anilines is 1. The second-order valence-electron chi connectivity index (χ2n) is 10.2. The van der Waals surface area contributed by atoms with E-state index in [2.05, 4.69) is 47.3 Å². The first-order valence-corrected chi connectivity index (χ1v) is 12.8. The first kappa shape index (κ1) is 25.7. The van der Waals surface area contributed by atoms with E-state index in [-0.39, 0.29) is 12.1 Å². The van der Waals surface area contributed by atoms with Crippen LogP contribution in [-0.4, -0.2) is 47.4 Å². The Balaban J connectivity index is 1.53. The minimum atomic E-state index is -0.539. The van der Waals surface area contributed by atoms with Gasteiger partial charge in [-0.25, -0.2) is 4.79 Å². The number of aromatic nitrogens is 1. The highest BCUT2D eigenvalue weighted by Gasteiger charge is 2.30. The molecular weight excluding hydrogens is 450 g/mol. The Morgan fingerprint density at radius 1 is 1.17 bits per heavy atom. The Morgan fingerprint density at radius 3 is 2.61 bits per heavy atom. The average Bonchev–Trinajstić information content (AvgIpc) is 3.21. The third-order valence-electron chi connectivity index (χ3n) is 6.30. The summed E-state index contributed by atoms with van der Waals surface area (Å²) in [5.74, 6) is 6.55. The zero-order valence-electron chi connectivity index (χ0n) is 21.8. The third-order valence-corrected chi connectivity index (χ3v) is 6.30. The fourth-order valence-corrected chi connectivity index (χ4v) is 4.57. The third kappa shape index (κ3) is 6.61. The predicted molar refractivity (Wildman–Crippen MR) is 145 cm³/mol. The van der Waals surface area contributed by atoms with E-state index >= 15 is 0 Å². The monoisotopic (exact) mass is 487 g/mol. The molecule has 2 heterocycles. The van der Waals surface area contributed by atoms with E-state index in [1.54, 1.807) is 0 Å². The highest BCUT2D eigenvalue weighted by atomic mass is 16.6. The van der Waals surface area contributed by atoms with Crippen LogP contribution >= 0.6 is 0 Å². The number of amides is 1. The molecule has 0 unspecified atom stereocenters. The predicted octanol–water partition coefficient (Wildman–Crippen LogP) is 6.11. The van der Waals surface area contributed by atoms with Crippen LogP contribution in [0, 0.1) is 11.8 Å². The van der Waals surface area contributed by atoms with Crippen molar-refractivity contribution in [1.82, 2.24) is 9.88 Å². The number of H-pyrrole nitrogens is 1. The van der Waals surface area contributed by atoms with Crippen LogP contribution in [-0.2, 0) is 22.4 Å². The van der Waals surface area contributed by atoms with E-state index < -0.39 is 5.60 Å². The largest absolute Gasteiger partial charge is 0.444 e. The maximum absolute atomic E-state index is 13.1. The number of nitrogens with zero attached hydrogens (tertiary/aromatic N) is 1. The molecule has 0 atom stereocenters. The number of fused-ring (bicyclic) bond motifs is 1. The van der Waals surface area contributed by atoms with E-state index in [4.69, 9.17) is 9.47 Å². The maximum Gasteiger partial charge on any atom is 0.410 e. The van der Waals surface area contributed by atoms with Gasteiger partial charge in [0.15, 0.2) is 0 Å². The van der Waals surface area contributed by atoms with E-state index in [0.29, 0.717) is 26.3 Å². The molecule has 1 saturated heterocycles. The molecule has 6 nitrogen and oxygen atoms in total. The molecule has 0 spiro atoms. The van der Waals surface area contributed by atoms with Crippen molar-refractivity contribution in [3.63, 3.8) is 0 Å². The summed E-state index contributed by atoms with van der Waals surface area (Å²) in [4.78, 5) is 18.5. The van der Waals surface area contributed by atoms with Gasteiger partial charge in [0.2, 0.25) is 0 Å². The highest BCUT2D eigenvalue weighted by Crippen LogP contribution is 2.26. The number of nitrogens with one attached hydrogen (secondary N) is 2. The quantitative estimate of drug-likeness (QED) is 0.412. The lowest BCUT2D eigenvalue weighted by Gasteiger charge is -2.35. The van der Waals surface area contributed by atoms with Crippen LogP contribution in [0.3, 0.4) is 0 Å². The molecule has 1 fully saturated rings. The summed E-state index contributed by atoms with van der Waals surface area (Å²) in [5, 5.41) is 4.51. The molecule has 3 aromatic rings. The maximum atomic E-state index is 13.1. The van der Waals surface area contributed by atoms with Gasteiger partial charge in [0.05, 0.1) is 12.2 Å². The standard InChI is InChI=1S/C30H37N3O3/c1-5-25-26-14-13-22(21-33(24-15-18-35-19-16-24)29(34)36-30(2,3)4)20-28(26)32-27(25)12-9-17-31-23-10-7-6-8-11-23/h6-8,10-11,13-14,20,24,31-32H,5,15-19,21H2,1-4H3. The lowest BCUT2D eigenvalue weighted by atomic mass is 10.0. The fourth-order valence-electron chi connectivity index (χ4n) is 4.57. The zero-order valence-corrected chi connectivity index (χ0v) is 21.8. The summed E-state index contributed by atoms with van der Waals surface area (Å²) in [7, 11) is 0. The minimum absolute atomic E-state index is 0.109. The molecule has 0 bridgehead atoms. The van der Waals surface area contributed by atoms with Gasteiger partial charge in [-0.15, -0.1) is 0 Å². The Bertz CT molecular complexity index is 1230. The second-order valence-corrected chi connectivity index (χ2v) is 10.2. The number of carbonyl (C=O) groups is 1. The van der Waals surface area contributed by atoms with Gasteiger partial charge in [0, 0.05) is 42.4 Å². The number of carbonyl (C=O) groups excluding carboxylic acids is 1. The fraction of sp³-hybridized carbons (Fsp3) is 0.433. The van der Waals surface area contributed by atoms with Gasteiger partial charge in [-0.2, -0.15) is 0 Å². The van der Waals surface area contributed by atoms with E-state index in [9.17, 15) is 4.79 Å². The van der Waals surface area contributed by atoms with Crippen LogP contribution in [0.15, 0.2) is 48.5 Å². The lowest BCUT2D eigenvalue weighted by molar-refractivity contribution is -0.00807. The molecule has 0 radical (unpaired) electrons. The van der Waals surface area contributed by atoms with Crippen LogP contribution < -0.4 is 5.32 Å². The molecule has 36 heavy (non-hydrogen) atoms. The topological polar surface area (TPSA) is 66.6 Å². The van der Waals surface area contributed by atoms with E-state index in [1.807, 2.05) is 56.0 Å². The van der Waals surface area contributed by atoms with E-state index in [1.165, 1.54) is 10.9 Å². The van der Waals surface area contributed by atoms with Crippen molar-refractivity contribution in [2.75, 3.05) is 25.1 Å². The Morgan fingerprint density at radius 2 is 1.92 bits per heavy atom. The number of hydrogen-bond donors (Lipinski definition) is 2. The molecule has 1 aliphatic rings. The summed E-state index contributed by atoms with van der Waals surface area (Å²) in [6.45, 7) is 10.3. The Kier molecular flexibility index (Phi) is 8.22. The van der Waals surface area contributed by atoms with Crippen molar-refractivity contribution in [2.24, 2.45) is 0 Å². The molecule has 2 aromatic carbocycles. The summed E-state index contributed by atoms with van der Waals surface area (Å²) in [5.41, 5.74) is 4.80.